The molecule has 0 saturated carbocycles. The maximum Gasteiger partial charge on any atom is 0.265 e. The van der Waals surface area contributed by atoms with E-state index in [9.17, 15) is 9.18 Å². The van der Waals surface area contributed by atoms with E-state index in [-0.39, 0.29) is 23.6 Å². The minimum absolute atomic E-state index is 0.0233. The van der Waals surface area contributed by atoms with Gasteiger partial charge >= 0.3 is 0 Å². The number of carbonyl (C=O) groups is 1. The molecule has 0 spiro atoms. The van der Waals surface area contributed by atoms with E-state index in [4.69, 9.17) is 16.3 Å². The third-order valence-electron chi connectivity index (χ3n) is 3.73. The van der Waals surface area contributed by atoms with Crippen molar-refractivity contribution < 1.29 is 13.9 Å². The molecule has 0 unspecified atom stereocenters. The van der Waals surface area contributed by atoms with Crippen molar-refractivity contribution in [2.45, 2.75) is 19.4 Å². The number of ether oxygens (including phenoxy) is 1. The summed E-state index contributed by atoms with van der Waals surface area (Å²) in [6.07, 6.45) is 0.838. The zero-order chi connectivity index (χ0) is 15.7. The maximum atomic E-state index is 13.1. The first-order chi connectivity index (χ1) is 10.6. The first-order valence-corrected chi connectivity index (χ1v) is 7.42. The third-order valence-corrected chi connectivity index (χ3v) is 4.02. The first kappa shape index (κ1) is 14.9. The Bertz CT molecular complexity index is 720. The number of nitrogens with zero attached hydrogens (tertiary/aromatic N) is 1. The zero-order valence-electron chi connectivity index (χ0n) is 12.1. The van der Waals surface area contributed by atoms with Gasteiger partial charge in [0.2, 0.25) is 0 Å². The number of amides is 1. The Kier molecular flexibility index (Phi) is 4.03. The number of carbonyl (C=O) groups excluding carboxylic acids is 1. The lowest BCUT2D eigenvalue weighted by Gasteiger charge is -2.22. The molecule has 1 atom stereocenters. The summed E-state index contributed by atoms with van der Waals surface area (Å²) in [7, 11) is 0. The van der Waals surface area contributed by atoms with Crippen LogP contribution in [0, 0.1) is 5.82 Å². The van der Waals surface area contributed by atoms with E-state index < -0.39 is 5.82 Å². The summed E-state index contributed by atoms with van der Waals surface area (Å²) in [6.45, 7) is 1.90. The summed E-state index contributed by atoms with van der Waals surface area (Å²) in [5.74, 6) is -0.264. The van der Waals surface area contributed by atoms with Crippen molar-refractivity contribution in [1.82, 2.24) is 0 Å². The Balaban J connectivity index is 1.71. The number of hydrogen-bond donors (Lipinski definition) is 0. The summed E-state index contributed by atoms with van der Waals surface area (Å²) in [6, 6.07) is 12.0. The van der Waals surface area contributed by atoms with Crippen LogP contribution in [0.15, 0.2) is 42.5 Å². The lowest BCUT2D eigenvalue weighted by molar-refractivity contribution is -0.120. The van der Waals surface area contributed by atoms with Crippen molar-refractivity contribution in [3.63, 3.8) is 0 Å². The molecule has 1 aliphatic heterocycles. The molecule has 0 fully saturated rings. The van der Waals surface area contributed by atoms with Crippen molar-refractivity contribution in [3.8, 4) is 5.75 Å². The maximum absolute atomic E-state index is 13.1. The number of fused-ring (bicyclic) bond motifs is 1. The highest BCUT2D eigenvalue weighted by Gasteiger charge is 2.30. The van der Waals surface area contributed by atoms with Gasteiger partial charge in [-0.3, -0.25) is 4.79 Å². The van der Waals surface area contributed by atoms with Crippen LogP contribution in [0.1, 0.15) is 12.5 Å². The van der Waals surface area contributed by atoms with E-state index in [2.05, 4.69) is 0 Å². The van der Waals surface area contributed by atoms with Crippen molar-refractivity contribution >= 4 is 23.2 Å². The zero-order valence-corrected chi connectivity index (χ0v) is 12.8. The second-order valence-electron chi connectivity index (χ2n) is 5.31. The lowest BCUT2D eigenvalue weighted by atomic mass is 10.1. The highest BCUT2D eigenvalue weighted by atomic mass is 35.5. The normalized spacial score (nSPS) is 16.5. The van der Waals surface area contributed by atoms with Crippen LogP contribution >= 0.6 is 11.6 Å². The average molecular weight is 320 g/mol. The fourth-order valence-electron chi connectivity index (χ4n) is 2.73. The van der Waals surface area contributed by atoms with Crippen molar-refractivity contribution in [1.29, 1.82) is 0 Å². The quantitative estimate of drug-likeness (QED) is 0.860. The summed E-state index contributed by atoms with van der Waals surface area (Å²) < 4.78 is 18.5. The van der Waals surface area contributed by atoms with Gasteiger partial charge in [-0.1, -0.05) is 29.8 Å². The van der Waals surface area contributed by atoms with Gasteiger partial charge in [0.1, 0.15) is 11.6 Å². The van der Waals surface area contributed by atoms with E-state index in [1.807, 2.05) is 31.2 Å². The molecule has 22 heavy (non-hydrogen) atoms. The number of benzene rings is 2. The van der Waals surface area contributed by atoms with E-state index in [1.165, 1.54) is 18.2 Å². The molecule has 0 saturated heterocycles. The molecule has 0 aliphatic carbocycles. The van der Waals surface area contributed by atoms with Crippen molar-refractivity contribution in [2.24, 2.45) is 0 Å². The number of rotatable bonds is 3. The number of halogens is 2. The summed E-state index contributed by atoms with van der Waals surface area (Å²) in [4.78, 5) is 14.2. The minimum atomic E-state index is -0.512. The van der Waals surface area contributed by atoms with Crippen LogP contribution in [0.3, 0.4) is 0 Å². The van der Waals surface area contributed by atoms with Crippen molar-refractivity contribution in [2.75, 3.05) is 11.5 Å². The van der Waals surface area contributed by atoms with Crippen molar-refractivity contribution in [3.05, 3.63) is 58.9 Å². The van der Waals surface area contributed by atoms with Gasteiger partial charge in [-0.25, -0.2) is 4.39 Å². The first-order valence-electron chi connectivity index (χ1n) is 7.04. The molecule has 1 aliphatic rings. The standard InChI is InChI=1S/C17H15ClFNO2/c1-11-8-12-4-2-3-5-16(12)20(11)17(21)10-22-13-6-7-15(19)14(18)9-13/h2-7,9,11H,8,10H2,1H3/t11-/m1/s1. The van der Waals surface area contributed by atoms with Crippen LogP contribution in [0.5, 0.6) is 5.75 Å². The average Bonchev–Trinajstić information content (AvgIpc) is 2.84. The Labute approximate surface area is 133 Å². The molecule has 0 radical (unpaired) electrons. The highest BCUT2D eigenvalue weighted by molar-refractivity contribution is 6.30. The number of hydrogen-bond acceptors (Lipinski definition) is 2. The van der Waals surface area contributed by atoms with E-state index in [0.717, 1.165) is 17.7 Å². The Hall–Kier alpha value is -2.07. The number of para-hydroxylation sites is 1. The van der Waals surface area contributed by atoms with E-state index in [1.54, 1.807) is 4.90 Å². The smallest absolute Gasteiger partial charge is 0.265 e. The molecular weight excluding hydrogens is 305 g/mol. The Morgan fingerprint density at radius 3 is 2.91 bits per heavy atom. The second-order valence-corrected chi connectivity index (χ2v) is 5.72. The molecule has 0 bridgehead atoms. The predicted molar refractivity (Wildman–Crippen MR) is 84.0 cm³/mol. The SMILES string of the molecule is C[C@@H]1Cc2ccccc2N1C(=O)COc1ccc(F)c(Cl)c1. The molecular formula is C17H15ClFNO2. The van der Waals surface area contributed by atoms with Crippen LogP contribution in [0.4, 0.5) is 10.1 Å². The summed E-state index contributed by atoms with van der Waals surface area (Å²) in [5.41, 5.74) is 2.09. The van der Waals surface area contributed by atoms with Crippen LogP contribution in [-0.4, -0.2) is 18.6 Å². The molecule has 0 N–H and O–H groups in total. The lowest BCUT2D eigenvalue weighted by Crippen LogP contribution is -2.39. The van der Waals surface area contributed by atoms with Crippen LogP contribution in [-0.2, 0) is 11.2 Å². The highest BCUT2D eigenvalue weighted by Crippen LogP contribution is 2.32. The molecule has 5 heteroatoms. The topological polar surface area (TPSA) is 29.5 Å². The van der Waals surface area contributed by atoms with Crippen LogP contribution in [0.25, 0.3) is 0 Å². The fourth-order valence-corrected chi connectivity index (χ4v) is 2.90. The molecule has 2 aromatic rings. The van der Waals surface area contributed by atoms with Gasteiger partial charge in [0, 0.05) is 17.8 Å². The summed E-state index contributed by atoms with van der Waals surface area (Å²) >= 11 is 5.70. The Morgan fingerprint density at radius 1 is 1.36 bits per heavy atom. The van der Waals surface area contributed by atoms with E-state index >= 15 is 0 Å². The largest absolute Gasteiger partial charge is 0.484 e. The third kappa shape index (κ3) is 2.79. The minimum Gasteiger partial charge on any atom is -0.484 e. The molecule has 0 aromatic heterocycles. The summed E-state index contributed by atoms with van der Waals surface area (Å²) in [5, 5.41) is -0.0233. The molecule has 1 heterocycles. The van der Waals surface area contributed by atoms with Crippen LogP contribution in [0.2, 0.25) is 5.02 Å². The molecule has 1 amide bonds. The predicted octanol–water partition coefficient (Wildman–Crippen LogP) is 3.84. The van der Waals surface area contributed by atoms with Gasteiger partial charge in [-0.15, -0.1) is 0 Å². The van der Waals surface area contributed by atoms with Gasteiger partial charge in [0.05, 0.1) is 5.02 Å². The molecule has 3 nitrogen and oxygen atoms in total. The van der Waals surface area contributed by atoms with E-state index in [0.29, 0.717) is 5.75 Å². The second kappa shape index (κ2) is 5.97. The monoisotopic (exact) mass is 319 g/mol. The van der Waals surface area contributed by atoms with Gasteiger partial charge < -0.3 is 9.64 Å². The molecule has 3 rings (SSSR count). The molecule has 2 aromatic carbocycles. The van der Waals surface area contributed by atoms with Gasteiger partial charge in [0.25, 0.3) is 5.91 Å². The van der Waals surface area contributed by atoms with Gasteiger partial charge in [-0.2, -0.15) is 0 Å². The number of anilines is 1. The van der Waals surface area contributed by atoms with Gasteiger partial charge in [0.15, 0.2) is 6.61 Å². The fraction of sp³-hybridized carbons (Fsp3) is 0.235. The Morgan fingerprint density at radius 2 is 2.14 bits per heavy atom. The van der Waals surface area contributed by atoms with Crippen LogP contribution < -0.4 is 9.64 Å². The molecule has 114 valence electrons. The van der Waals surface area contributed by atoms with Gasteiger partial charge in [-0.05, 0) is 37.1 Å².